The average molecular weight is 378 g/mol. The highest BCUT2D eigenvalue weighted by Crippen LogP contribution is 2.38. The lowest BCUT2D eigenvalue weighted by molar-refractivity contribution is -0.132. The minimum absolute atomic E-state index is 0.171. The molecule has 0 radical (unpaired) electrons. The van der Waals surface area contributed by atoms with Gasteiger partial charge in [0.05, 0.1) is 12.1 Å². The Morgan fingerprint density at radius 1 is 0.889 bits per heavy atom. The third-order valence-corrected chi connectivity index (χ3v) is 7.78. The fourth-order valence-corrected chi connectivity index (χ4v) is 6.28. The zero-order valence-corrected chi connectivity index (χ0v) is 17.1. The molecule has 0 aromatic rings. The highest BCUT2D eigenvalue weighted by atomic mass is 16.5. The molecular weight excluding hydrogens is 338 g/mol. The lowest BCUT2D eigenvalue weighted by atomic mass is 9.69. The fourth-order valence-electron chi connectivity index (χ4n) is 6.28. The first-order valence-electron chi connectivity index (χ1n) is 11.6. The van der Waals surface area contributed by atoms with Gasteiger partial charge in [-0.1, -0.05) is 32.1 Å². The van der Waals surface area contributed by atoms with Gasteiger partial charge in [0.15, 0.2) is 0 Å². The molecule has 27 heavy (non-hydrogen) atoms. The van der Waals surface area contributed by atoms with Gasteiger partial charge >= 0.3 is 0 Å². The van der Waals surface area contributed by atoms with Crippen molar-refractivity contribution >= 4 is 5.91 Å². The molecule has 4 fully saturated rings. The van der Waals surface area contributed by atoms with Crippen molar-refractivity contribution < 1.29 is 9.53 Å². The molecule has 0 spiro atoms. The van der Waals surface area contributed by atoms with Gasteiger partial charge in [0, 0.05) is 31.2 Å². The van der Waals surface area contributed by atoms with Crippen molar-refractivity contribution in [3.63, 3.8) is 0 Å². The van der Waals surface area contributed by atoms with Gasteiger partial charge in [-0.3, -0.25) is 4.79 Å². The van der Waals surface area contributed by atoms with Crippen LogP contribution < -0.4 is 16.0 Å². The Kier molecular flexibility index (Phi) is 6.72. The topological polar surface area (TPSA) is 62.4 Å². The maximum atomic E-state index is 13.4. The van der Waals surface area contributed by atoms with Crippen LogP contribution in [0.2, 0.25) is 0 Å². The van der Waals surface area contributed by atoms with Crippen LogP contribution in [0.15, 0.2) is 0 Å². The summed E-state index contributed by atoms with van der Waals surface area (Å²) in [7, 11) is 1.79. The van der Waals surface area contributed by atoms with Crippen LogP contribution in [0.25, 0.3) is 0 Å². The molecule has 4 aliphatic rings. The molecule has 0 aromatic heterocycles. The molecule has 3 N–H and O–H groups in total. The van der Waals surface area contributed by atoms with Crippen molar-refractivity contribution in [1.29, 1.82) is 0 Å². The summed E-state index contributed by atoms with van der Waals surface area (Å²) in [6.07, 6.45) is 14.7. The third kappa shape index (κ3) is 4.51. The van der Waals surface area contributed by atoms with Crippen molar-refractivity contribution in [2.75, 3.05) is 13.7 Å². The Labute approximate surface area is 164 Å². The molecule has 0 bridgehead atoms. The van der Waals surface area contributed by atoms with E-state index in [2.05, 4.69) is 16.0 Å². The van der Waals surface area contributed by atoms with Crippen LogP contribution in [0.4, 0.5) is 0 Å². The Bertz CT molecular complexity index is 494. The number of piperidine rings is 2. The third-order valence-electron chi connectivity index (χ3n) is 7.78. The van der Waals surface area contributed by atoms with E-state index in [4.69, 9.17) is 4.74 Å². The van der Waals surface area contributed by atoms with E-state index < -0.39 is 0 Å². The molecule has 2 aliphatic carbocycles. The Morgan fingerprint density at radius 2 is 1.63 bits per heavy atom. The molecule has 2 saturated heterocycles. The first-order chi connectivity index (χ1) is 13.3. The summed E-state index contributed by atoms with van der Waals surface area (Å²) in [4.78, 5) is 13.4. The molecule has 1 amide bonds. The quantitative estimate of drug-likeness (QED) is 0.705. The summed E-state index contributed by atoms with van der Waals surface area (Å²) in [6.45, 7) is 1.13. The smallest absolute Gasteiger partial charge is 0.223 e. The first-order valence-corrected chi connectivity index (χ1v) is 11.6. The number of methoxy groups -OCH3 is 1. The zero-order valence-electron chi connectivity index (χ0n) is 17.1. The summed E-state index contributed by atoms with van der Waals surface area (Å²) in [5.74, 6) is 0.996. The molecule has 7 unspecified atom stereocenters. The minimum Gasteiger partial charge on any atom is -0.379 e. The van der Waals surface area contributed by atoms with E-state index in [-0.39, 0.29) is 18.1 Å². The number of ether oxygens (including phenoxy) is 1. The SMILES string of the molecule is COC1CCCCC1NC(=O)C1CC(C2CCCCN2)NC2CCCCC21. The van der Waals surface area contributed by atoms with Gasteiger partial charge in [0.1, 0.15) is 0 Å². The predicted molar refractivity (Wildman–Crippen MR) is 108 cm³/mol. The number of hydrogen-bond donors (Lipinski definition) is 3. The standard InChI is InChI=1S/C22H39N3O2/c1-27-21-12-5-4-11-19(21)25-22(26)16-14-20(18-10-6-7-13-23-18)24-17-9-3-2-8-15(16)17/h15-21,23-24H,2-14H2,1H3,(H,25,26). The summed E-state index contributed by atoms with van der Waals surface area (Å²) in [5.41, 5.74) is 0. The van der Waals surface area contributed by atoms with Gasteiger partial charge in [-0.05, 0) is 57.4 Å². The van der Waals surface area contributed by atoms with Crippen molar-refractivity contribution in [3.05, 3.63) is 0 Å². The second kappa shape index (κ2) is 9.23. The van der Waals surface area contributed by atoms with E-state index in [1.54, 1.807) is 7.11 Å². The van der Waals surface area contributed by atoms with Crippen molar-refractivity contribution in [2.24, 2.45) is 11.8 Å². The number of fused-ring (bicyclic) bond motifs is 1. The first kappa shape index (κ1) is 19.7. The van der Waals surface area contributed by atoms with Crippen molar-refractivity contribution in [3.8, 4) is 0 Å². The lowest BCUT2D eigenvalue weighted by Crippen LogP contribution is -2.62. The second-order valence-corrected chi connectivity index (χ2v) is 9.40. The van der Waals surface area contributed by atoms with Crippen LogP contribution in [-0.2, 0) is 9.53 Å². The van der Waals surface area contributed by atoms with Gasteiger partial charge in [-0.15, -0.1) is 0 Å². The predicted octanol–water partition coefficient (Wildman–Crippen LogP) is 2.74. The van der Waals surface area contributed by atoms with E-state index >= 15 is 0 Å². The summed E-state index contributed by atoms with van der Waals surface area (Å²) < 4.78 is 5.68. The monoisotopic (exact) mass is 377 g/mol. The maximum Gasteiger partial charge on any atom is 0.223 e. The molecule has 7 atom stereocenters. The number of carbonyl (C=O) groups excluding carboxylic acids is 1. The van der Waals surface area contributed by atoms with Crippen molar-refractivity contribution in [2.45, 2.75) is 107 Å². The van der Waals surface area contributed by atoms with Crippen LogP contribution in [-0.4, -0.2) is 49.8 Å². The van der Waals surface area contributed by atoms with Gasteiger partial charge in [-0.2, -0.15) is 0 Å². The number of nitrogens with one attached hydrogen (secondary N) is 3. The minimum atomic E-state index is 0.171. The van der Waals surface area contributed by atoms with Gasteiger partial charge in [-0.25, -0.2) is 0 Å². The molecule has 154 valence electrons. The zero-order chi connectivity index (χ0) is 18.6. The van der Waals surface area contributed by atoms with E-state index in [9.17, 15) is 4.79 Å². The molecule has 2 heterocycles. The Balaban J connectivity index is 1.44. The summed E-state index contributed by atoms with van der Waals surface area (Å²) in [6, 6.07) is 1.73. The van der Waals surface area contributed by atoms with E-state index in [0.717, 1.165) is 25.8 Å². The fraction of sp³-hybridized carbons (Fsp3) is 0.955. The van der Waals surface area contributed by atoms with E-state index in [1.807, 2.05) is 0 Å². The van der Waals surface area contributed by atoms with Crippen LogP contribution in [0.3, 0.4) is 0 Å². The lowest BCUT2D eigenvalue weighted by Gasteiger charge is -2.48. The van der Waals surface area contributed by atoms with Crippen LogP contribution >= 0.6 is 0 Å². The van der Waals surface area contributed by atoms with E-state index in [0.29, 0.717) is 30.0 Å². The molecular formula is C22H39N3O2. The molecule has 2 saturated carbocycles. The second-order valence-electron chi connectivity index (χ2n) is 9.40. The van der Waals surface area contributed by atoms with Gasteiger partial charge in [0.25, 0.3) is 0 Å². The van der Waals surface area contributed by atoms with Gasteiger partial charge < -0.3 is 20.7 Å². The van der Waals surface area contributed by atoms with Crippen LogP contribution in [0.5, 0.6) is 0 Å². The molecule has 2 aliphatic heterocycles. The Morgan fingerprint density at radius 3 is 2.44 bits per heavy atom. The van der Waals surface area contributed by atoms with E-state index in [1.165, 1.54) is 57.8 Å². The van der Waals surface area contributed by atoms with Crippen LogP contribution in [0, 0.1) is 11.8 Å². The molecule has 5 nitrogen and oxygen atoms in total. The summed E-state index contributed by atoms with van der Waals surface area (Å²) >= 11 is 0. The number of hydrogen-bond acceptors (Lipinski definition) is 4. The average Bonchev–Trinajstić information content (AvgIpc) is 2.74. The summed E-state index contributed by atoms with van der Waals surface area (Å²) in [5, 5.41) is 11.1. The van der Waals surface area contributed by atoms with Crippen LogP contribution in [0.1, 0.15) is 77.0 Å². The highest BCUT2D eigenvalue weighted by molar-refractivity contribution is 5.79. The number of carbonyl (C=O) groups is 1. The van der Waals surface area contributed by atoms with Gasteiger partial charge in [0.2, 0.25) is 5.91 Å². The highest BCUT2D eigenvalue weighted by Gasteiger charge is 2.44. The maximum absolute atomic E-state index is 13.4. The molecule has 5 heteroatoms. The number of amides is 1. The molecule has 0 aromatic carbocycles. The normalized spacial score (nSPS) is 42.9. The van der Waals surface area contributed by atoms with Crippen molar-refractivity contribution in [1.82, 2.24) is 16.0 Å². The molecule has 4 rings (SSSR count). The Hall–Kier alpha value is -0.650. The largest absolute Gasteiger partial charge is 0.379 e. The number of rotatable bonds is 4.